The third-order valence-corrected chi connectivity index (χ3v) is 3.98. The molecule has 0 radical (unpaired) electrons. The van der Waals surface area contributed by atoms with Crippen LogP contribution in [0.2, 0.25) is 10.0 Å². The number of nitrogens with zero attached hydrogens (tertiary/aromatic N) is 2. The summed E-state index contributed by atoms with van der Waals surface area (Å²) in [7, 11) is 3.58. The van der Waals surface area contributed by atoms with E-state index in [0.717, 1.165) is 10.0 Å². The molecule has 0 spiro atoms. The largest absolute Gasteiger partial charge is 0.345 e. The van der Waals surface area contributed by atoms with E-state index in [1.54, 1.807) is 34.7 Å². The number of rotatable bonds is 3. The van der Waals surface area contributed by atoms with E-state index in [0.29, 0.717) is 22.3 Å². The van der Waals surface area contributed by atoms with Gasteiger partial charge in [-0.1, -0.05) is 29.3 Å². The lowest BCUT2D eigenvalue weighted by Crippen LogP contribution is -2.27. The molecule has 6 heteroatoms. The standard InChI is InChI=1S/C14H13BrCl2N2O/c1-18-8-10(15)5-13(18)14(20)19(2)7-9-3-4-11(16)6-12(9)17/h3-6,8H,7H2,1-2H3. The highest BCUT2D eigenvalue weighted by Crippen LogP contribution is 2.23. The van der Waals surface area contributed by atoms with Gasteiger partial charge in [-0.15, -0.1) is 0 Å². The average Bonchev–Trinajstić information content (AvgIpc) is 2.71. The summed E-state index contributed by atoms with van der Waals surface area (Å²) in [4.78, 5) is 14.0. The van der Waals surface area contributed by atoms with Crippen molar-refractivity contribution in [2.45, 2.75) is 6.54 Å². The maximum atomic E-state index is 12.4. The van der Waals surface area contributed by atoms with Gasteiger partial charge in [-0.3, -0.25) is 4.79 Å². The number of amides is 1. The van der Waals surface area contributed by atoms with E-state index in [-0.39, 0.29) is 5.91 Å². The van der Waals surface area contributed by atoms with E-state index in [1.807, 2.05) is 19.3 Å². The van der Waals surface area contributed by atoms with Gasteiger partial charge in [-0.05, 0) is 39.7 Å². The van der Waals surface area contributed by atoms with Gasteiger partial charge in [0.15, 0.2) is 0 Å². The fraction of sp³-hybridized carbons (Fsp3) is 0.214. The third-order valence-electron chi connectivity index (χ3n) is 2.96. The number of benzene rings is 1. The van der Waals surface area contributed by atoms with E-state index >= 15 is 0 Å². The van der Waals surface area contributed by atoms with Gasteiger partial charge >= 0.3 is 0 Å². The van der Waals surface area contributed by atoms with Crippen LogP contribution in [-0.4, -0.2) is 22.4 Å². The van der Waals surface area contributed by atoms with E-state index in [2.05, 4.69) is 15.9 Å². The Morgan fingerprint density at radius 3 is 2.60 bits per heavy atom. The third kappa shape index (κ3) is 3.37. The Hall–Kier alpha value is -0.970. The topological polar surface area (TPSA) is 25.2 Å². The number of hydrogen-bond acceptors (Lipinski definition) is 1. The molecule has 0 N–H and O–H groups in total. The Labute approximate surface area is 136 Å². The minimum Gasteiger partial charge on any atom is -0.345 e. The Kier molecular flexibility index (Phi) is 4.78. The maximum Gasteiger partial charge on any atom is 0.270 e. The lowest BCUT2D eigenvalue weighted by molar-refractivity contribution is 0.0775. The van der Waals surface area contributed by atoms with Crippen LogP contribution in [-0.2, 0) is 13.6 Å². The number of halogens is 3. The van der Waals surface area contributed by atoms with Crippen molar-refractivity contribution in [3.8, 4) is 0 Å². The maximum absolute atomic E-state index is 12.4. The van der Waals surface area contributed by atoms with Crippen LogP contribution >= 0.6 is 39.1 Å². The zero-order valence-corrected chi connectivity index (χ0v) is 14.1. The smallest absolute Gasteiger partial charge is 0.270 e. The van der Waals surface area contributed by atoms with Gasteiger partial charge in [0.2, 0.25) is 0 Å². The second kappa shape index (κ2) is 6.20. The molecule has 0 aliphatic rings. The number of carbonyl (C=O) groups excluding carboxylic acids is 1. The molecule has 2 aromatic rings. The molecule has 20 heavy (non-hydrogen) atoms. The van der Waals surface area contributed by atoms with Crippen molar-refractivity contribution < 1.29 is 4.79 Å². The summed E-state index contributed by atoms with van der Waals surface area (Å²) in [5.41, 5.74) is 1.48. The number of aryl methyl sites for hydroxylation is 1. The molecule has 0 atom stereocenters. The van der Waals surface area contributed by atoms with Gasteiger partial charge in [0.05, 0.1) is 0 Å². The Balaban J connectivity index is 2.17. The van der Waals surface area contributed by atoms with Crippen LogP contribution in [0.1, 0.15) is 16.1 Å². The SMILES string of the molecule is CN(Cc1ccc(Cl)cc1Cl)C(=O)c1cc(Br)cn1C. The summed E-state index contributed by atoms with van der Waals surface area (Å²) in [6.07, 6.45) is 1.84. The normalized spacial score (nSPS) is 10.7. The van der Waals surface area contributed by atoms with Gasteiger partial charge in [-0.25, -0.2) is 0 Å². The van der Waals surface area contributed by atoms with Crippen LogP contribution in [0.3, 0.4) is 0 Å². The van der Waals surface area contributed by atoms with Crippen molar-refractivity contribution in [2.75, 3.05) is 7.05 Å². The average molecular weight is 376 g/mol. The molecule has 1 aromatic heterocycles. The van der Waals surface area contributed by atoms with E-state index in [1.165, 1.54) is 0 Å². The van der Waals surface area contributed by atoms with Crippen molar-refractivity contribution in [2.24, 2.45) is 7.05 Å². The quantitative estimate of drug-likeness (QED) is 0.781. The van der Waals surface area contributed by atoms with Crippen molar-refractivity contribution in [1.82, 2.24) is 9.47 Å². The van der Waals surface area contributed by atoms with Crippen LogP contribution in [0.15, 0.2) is 34.9 Å². The summed E-state index contributed by atoms with van der Waals surface area (Å²) >= 11 is 15.3. The molecule has 0 fully saturated rings. The predicted molar refractivity (Wildman–Crippen MR) is 85.4 cm³/mol. The molecule has 1 heterocycles. The fourth-order valence-corrected chi connectivity index (χ4v) is 2.90. The molecular weight excluding hydrogens is 363 g/mol. The fourth-order valence-electron chi connectivity index (χ4n) is 1.91. The first-order valence-corrected chi connectivity index (χ1v) is 7.44. The summed E-state index contributed by atoms with van der Waals surface area (Å²) in [5.74, 6) is -0.0655. The molecule has 3 nitrogen and oxygen atoms in total. The van der Waals surface area contributed by atoms with Crippen LogP contribution in [0, 0.1) is 0 Å². The first kappa shape index (κ1) is 15.4. The van der Waals surface area contributed by atoms with E-state index in [9.17, 15) is 4.79 Å². The van der Waals surface area contributed by atoms with Crippen LogP contribution < -0.4 is 0 Å². The summed E-state index contributed by atoms with van der Waals surface area (Å²) < 4.78 is 2.66. The zero-order valence-electron chi connectivity index (χ0n) is 11.0. The molecular formula is C14H13BrCl2N2O. The molecule has 0 unspecified atom stereocenters. The Bertz CT molecular complexity index is 655. The molecule has 2 rings (SSSR count). The first-order valence-electron chi connectivity index (χ1n) is 5.89. The summed E-state index contributed by atoms with van der Waals surface area (Å²) in [6, 6.07) is 7.06. The van der Waals surface area contributed by atoms with Gasteiger partial charge in [0.1, 0.15) is 5.69 Å². The highest BCUT2D eigenvalue weighted by molar-refractivity contribution is 9.10. The molecule has 1 aromatic carbocycles. The van der Waals surface area contributed by atoms with Crippen LogP contribution in [0.25, 0.3) is 0 Å². The lowest BCUT2D eigenvalue weighted by atomic mass is 10.2. The molecule has 106 valence electrons. The second-order valence-corrected chi connectivity index (χ2v) is 6.31. The number of carbonyl (C=O) groups is 1. The molecule has 0 saturated carbocycles. The Morgan fingerprint density at radius 1 is 1.35 bits per heavy atom. The Morgan fingerprint density at radius 2 is 2.05 bits per heavy atom. The predicted octanol–water partition coefficient (Wildman–Crippen LogP) is 4.37. The number of aromatic nitrogens is 1. The van der Waals surface area contributed by atoms with Crippen LogP contribution in [0.5, 0.6) is 0 Å². The first-order chi connectivity index (χ1) is 9.38. The highest BCUT2D eigenvalue weighted by Gasteiger charge is 2.17. The van der Waals surface area contributed by atoms with Crippen molar-refractivity contribution in [3.63, 3.8) is 0 Å². The minimum absolute atomic E-state index is 0.0655. The summed E-state index contributed by atoms with van der Waals surface area (Å²) in [6.45, 7) is 0.428. The van der Waals surface area contributed by atoms with Gasteiger partial charge in [0, 0.05) is 41.4 Å². The zero-order chi connectivity index (χ0) is 14.9. The van der Waals surface area contributed by atoms with Gasteiger partial charge in [-0.2, -0.15) is 0 Å². The van der Waals surface area contributed by atoms with Gasteiger partial charge in [0.25, 0.3) is 5.91 Å². The van der Waals surface area contributed by atoms with Crippen molar-refractivity contribution >= 4 is 45.0 Å². The number of hydrogen-bond donors (Lipinski definition) is 0. The van der Waals surface area contributed by atoms with E-state index < -0.39 is 0 Å². The van der Waals surface area contributed by atoms with Crippen molar-refractivity contribution in [1.29, 1.82) is 0 Å². The van der Waals surface area contributed by atoms with Gasteiger partial charge < -0.3 is 9.47 Å². The lowest BCUT2D eigenvalue weighted by Gasteiger charge is -2.18. The summed E-state index contributed by atoms with van der Waals surface area (Å²) in [5, 5.41) is 1.14. The molecule has 0 bridgehead atoms. The molecule has 1 amide bonds. The van der Waals surface area contributed by atoms with Crippen molar-refractivity contribution in [3.05, 3.63) is 56.2 Å². The molecule has 0 aliphatic heterocycles. The van der Waals surface area contributed by atoms with Crippen LogP contribution in [0.4, 0.5) is 0 Å². The highest BCUT2D eigenvalue weighted by atomic mass is 79.9. The van der Waals surface area contributed by atoms with E-state index in [4.69, 9.17) is 23.2 Å². The monoisotopic (exact) mass is 374 g/mol. The molecule has 0 saturated heterocycles. The molecule has 0 aliphatic carbocycles. The second-order valence-electron chi connectivity index (χ2n) is 4.55. The minimum atomic E-state index is -0.0655.